The first kappa shape index (κ1) is 25.5. The highest BCUT2D eigenvalue weighted by molar-refractivity contribution is 7.11. The molecule has 0 aliphatic carbocycles. The van der Waals surface area contributed by atoms with E-state index in [1.54, 1.807) is 30.4 Å². The van der Waals surface area contributed by atoms with Crippen LogP contribution in [0.4, 0.5) is 0 Å². The third-order valence-electron chi connectivity index (χ3n) is 4.76. The lowest BCUT2D eigenvalue weighted by Crippen LogP contribution is -2.39. The van der Waals surface area contributed by atoms with Crippen molar-refractivity contribution in [1.82, 2.24) is 5.06 Å². The molecule has 0 aliphatic rings. The molecule has 0 aliphatic heterocycles. The fraction of sp³-hybridized carbons (Fsp3) is 0.269. The van der Waals surface area contributed by atoms with Crippen molar-refractivity contribution >= 4 is 29.0 Å². The average Bonchev–Trinajstić information content (AvgIpc) is 3.40. The predicted molar refractivity (Wildman–Crippen MR) is 133 cm³/mol. The highest BCUT2D eigenvalue weighted by atomic mass is 32.1. The van der Waals surface area contributed by atoms with Gasteiger partial charge in [-0.25, -0.2) is 4.79 Å². The first-order valence-corrected chi connectivity index (χ1v) is 11.7. The summed E-state index contributed by atoms with van der Waals surface area (Å²) in [6, 6.07) is 20.4. The highest BCUT2D eigenvalue weighted by Crippen LogP contribution is 2.25. The summed E-state index contributed by atoms with van der Waals surface area (Å²) in [5.74, 6) is 0.908. The van der Waals surface area contributed by atoms with Gasteiger partial charge >= 0.3 is 5.97 Å². The van der Waals surface area contributed by atoms with Crippen LogP contribution in [0.5, 0.6) is 11.5 Å². The molecule has 1 unspecified atom stereocenters. The van der Waals surface area contributed by atoms with Gasteiger partial charge in [0, 0.05) is 12.0 Å². The predicted octanol–water partition coefficient (Wildman–Crippen LogP) is 4.14. The fourth-order valence-corrected chi connectivity index (χ4v) is 3.81. The molecule has 1 aromatic heterocycles. The Bertz CT molecular complexity index is 1020. The lowest BCUT2D eigenvalue weighted by atomic mass is 10.1. The summed E-state index contributed by atoms with van der Waals surface area (Å²) in [7, 11) is 2.99. The summed E-state index contributed by atoms with van der Waals surface area (Å²) in [4.78, 5) is 18.9. The SMILES string of the molecule is COCCN(CC(O)COc1ccc(/C=C(/C(=O)OC)c2cccs2)cc1)Oc1ccccc1. The number of aliphatic hydroxyl groups is 1. The van der Waals surface area contributed by atoms with Gasteiger partial charge in [0.15, 0.2) is 0 Å². The molecule has 3 rings (SSSR count). The van der Waals surface area contributed by atoms with Gasteiger partial charge < -0.3 is 24.2 Å². The van der Waals surface area contributed by atoms with Gasteiger partial charge in [-0.2, -0.15) is 0 Å². The van der Waals surface area contributed by atoms with E-state index in [1.165, 1.54) is 18.4 Å². The molecule has 1 atom stereocenters. The third-order valence-corrected chi connectivity index (χ3v) is 5.67. The molecule has 0 radical (unpaired) electrons. The number of aliphatic hydroxyl groups excluding tert-OH is 1. The van der Waals surface area contributed by atoms with Gasteiger partial charge in [0.05, 0.1) is 32.4 Å². The topological polar surface area (TPSA) is 77.5 Å². The van der Waals surface area contributed by atoms with Crippen LogP contribution < -0.4 is 9.57 Å². The van der Waals surface area contributed by atoms with Crippen molar-refractivity contribution in [2.75, 3.05) is 40.5 Å². The minimum atomic E-state index is -0.773. The van der Waals surface area contributed by atoms with Crippen LogP contribution in [0.15, 0.2) is 72.1 Å². The van der Waals surface area contributed by atoms with E-state index < -0.39 is 6.10 Å². The highest BCUT2D eigenvalue weighted by Gasteiger charge is 2.15. The van der Waals surface area contributed by atoms with E-state index in [0.717, 1.165) is 10.4 Å². The molecule has 3 aromatic rings. The molecule has 7 nitrogen and oxygen atoms in total. The second-order valence-corrected chi connectivity index (χ2v) is 8.29. The van der Waals surface area contributed by atoms with Crippen molar-refractivity contribution in [2.24, 2.45) is 0 Å². The lowest BCUT2D eigenvalue weighted by molar-refractivity contribution is -0.133. The average molecular weight is 484 g/mol. The zero-order valence-corrected chi connectivity index (χ0v) is 20.1. The van der Waals surface area contributed by atoms with Crippen LogP contribution >= 0.6 is 11.3 Å². The van der Waals surface area contributed by atoms with Crippen LogP contribution in [-0.4, -0.2) is 62.8 Å². The van der Waals surface area contributed by atoms with E-state index >= 15 is 0 Å². The number of benzene rings is 2. The largest absolute Gasteiger partial charge is 0.491 e. The summed E-state index contributed by atoms with van der Waals surface area (Å²) >= 11 is 1.47. The zero-order valence-electron chi connectivity index (χ0n) is 19.3. The van der Waals surface area contributed by atoms with Crippen molar-refractivity contribution < 1.29 is 28.9 Å². The number of nitrogens with zero attached hydrogens (tertiary/aromatic N) is 1. The maximum atomic E-state index is 12.2. The van der Waals surface area contributed by atoms with Crippen LogP contribution in [0, 0.1) is 0 Å². The molecule has 8 heteroatoms. The van der Waals surface area contributed by atoms with E-state index in [9.17, 15) is 9.90 Å². The standard InChI is InChI=1S/C26H29NO6S/c1-30-15-14-27(33-23-7-4-3-5-8-23)18-21(28)19-32-22-12-10-20(11-13-22)17-24(26(29)31-2)25-9-6-16-34-25/h3-13,16-17,21,28H,14-15,18-19H2,1-2H3/b24-17+. The maximum Gasteiger partial charge on any atom is 0.339 e. The second-order valence-electron chi connectivity index (χ2n) is 7.35. The summed E-state index contributed by atoms with van der Waals surface area (Å²) in [6.45, 7) is 1.31. The molecule has 0 saturated carbocycles. The van der Waals surface area contributed by atoms with Gasteiger partial charge in [-0.15, -0.1) is 16.4 Å². The maximum absolute atomic E-state index is 12.2. The van der Waals surface area contributed by atoms with E-state index in [2.05, 4.69) is 0 Å². The fourth-order valence-electron chi connectivity index (χ4n) is 3.08. The molecule has 180 valence electrons. The van der Waals surface area contributed by atoms with Crippen molar-refractivity contribution in [1.29, 1.82) is 0 Å². The number of ether oxygens (including phenoxy) is 3. The number of methoxy groups -OCH3 is 2. The summed E-state index contributed by atoms with van der Waals surface area (Å²) in [5, 5.41) is 14.0. The second kappa shape index (κ2) is 13.5. The van der Waals surface area contributed by atoms with Crippen LogP contribution in [0.25, 0.3) is 11.6 Å². The van der Waals surface area contributed by atoms with Crippen LogP contribution in [0.2, 0.25) is 0 Å². The Morgan fingerprint density at radius 1 is 1.03 bits per heavy atom. The van der Waals surface area contributed by atoms with Crippen LogP contribution in [0.3, 0.4) is 0 Å². The van der Waals surface area contributed by atoms with Gasteiger partial charge in [-0.3, -0.25) is 0 Å². The minimum Gasteiger partial charge on any atom is -0.491 e. The minimum absolute atomic E-state index is 0.0967. The van der Waals surface area contributed by atoms with E-state index in [0.29, 0.717) is 30.2 Å². The molecule has 2 aromatic carbocycles. The first-order chi connectivity index (χ1) is 16.6. The summed E-state index contributed by atoms with van der Waals surface area (Å²) in [5.41, 5.74) is 1.33. The Balaban J connectivity index is 1.56. The molecular weight excluding hydrogens is 454 g/mol. The molecule has 0 fully saturated rings. The molecule has 1 heterocycles. The number of thiophene rings is 1. The number of esters is 1. The Hall–Kier alpha value is -3.17. The Morgan fingerprint density at radius 2 is 1.79 bits per heavy atom. The van der Waals surface area contributed by atoms with Gasteiger partial charge in [0.1, 0.15) is 24.2 Å². The van der Waals surface area contributed by atoms with Gasteiger partial charge in [0.25, 0.3) is 0 Å². The number of carbonyl (C=O) groups excluding carboxylic acids is 1. The number of carbonyl (C=O) groups is 1. The first-order valence-electron chi connectivity index (χ1n) is 10.8. The molecule has 0 bridgehead atoms. The van der Waals surface area contributed by atoms with E-state index in [4.69, 9.17) is 19.0 Å². The van der Waals surface area contributed by atoms with Gasteiger partial charge in [-0.1, -0.05) is 36.4 Å². The monoisotopic (exact) mass is 483 g/mol. The van der Waals surface area contributed by atoms with Gasteiger partial charge in [-0.05, 0) is 47.4 Å². The normalized spacial score (nSPS) is 12.4. The molecule has 34 heavy (non-hydrogen) atoms. The number of hydrogen-bond donors (Lipinski definition) is 1. The Morgan fingerprint density at radius 3 is 2.44 bits per heavy atom. The number of hydrogen-bond acceptors (Lipinski definition) is 8. The smallest absolute Gasteiger partial charge is 0.339 e. The van der Waals surface area contributed by atoms with Crippen molar-refractivity contribution in [3.8, 4) is 11.5 Å². The molecule has 1 N–H and O–H groups in total. The van der Waals surface area contributed by atoms with Crippen molar-refractivity contribution in [3.63, 3.8) is 0 Å². The molecule has 0 spiro atoms. The number of para-hydroxylation sites is 1. The zero-order chi connectivity index (χ0) is 24.2. The van der Waals surface area contributed by atoms with Crippen LogP contribution in [0.1, 0.15) is 10.4 Å². The summed E-state index contributed by atoms with van der Waals surface area (Å²) in [6.07, 6.45) is 1.01. The van der Waals surface area contributed by atoms with Crippen molar-refractivity contribution in [2.45, 2.75) is 6.10 Å². The lowest BCUT2D eigenvalue weighted by Gasteiger charge is -2.24. The quantitative estimate of drug-likeness (QED) is 0.222. The number of rotatable bonds is 13. The van der Waals surface area contributed by atoms with E-state index in [-0.39, 0.29) is 19.1 Å². The molecular formula is C26H29NO6S. The summed E-state index contributed by atoms with van der Waals surface area (Å²) < 4.78 is 15.8. The third kappa shape index (κ3) is 8.00. The molecule has 0 saturated heterocycles. The van der Waals surface area contributed by atoms with E-state index in [1.807, 2.05) is 60.0 Å². The molecule has 0 amide bonds. The number of hydroxylamine groups is 2. The Kier molecular flexibility index (Phi) is 10.1. The van der Waals surface area contributed by atoms with Gasteiger partial charge in [0.2, 0.25) is 0 Å². The Labute approximate surface area is 203 Å². The van der Waals surface area contributed by atoms with Crippen LogP contribution in [-0.2, 0) is 14.3 Å². The van der Waals surface area contributed by atoms with Crippen molar-refractivity contribution in [3.05, 3.63) is 82.6 Å².